The molecule has 1 saturated heterocycles. The van der Waals surface area contributed by atoms with Gasteiger partial charge in [0, 0.05) is 35.8 Å². The van der Waals surface area contributed by atoms with Crippen LogP contribution in [-0.4, -0.2) is 49.5 Å². The van der Waals surface area contributed by atoms with Crippen LogP contribution in [0.3, 0.4) is 0 Å². The average Bonchev–Trinajstić information content (AvgIpc) is 2.83. The number of alkyl halides is 3. The Bertz CT molecular complexity index is 1250. The molecule has 12 heteroatoms. The Morgan fingerprint density at radius 3 is 2.67 bits per heavy atom. The second-order valence-electron chi connectivity index (χ2n) is 8.48. The molecule has 0 bridgehead atoms. The monoisotopic (exact) mass is 509 g/mol. The molecule has 1 aliphatic heterocycles. The first-order chi connectivity index (χ1) is 17.1. The number of aromatic nitrogens is 2. The molecule has 0 amide bonds. The summed E-state index contributed by atoms with van der Waals surface area (Å²) < 4.78 is 71.9. The largest absolute Gasteiger partial charge is 0.493 e. The van der Waals surface area contributed by atoms with Crippen LogP contribution in [0.4, 0.5) is 29.1 Å². The van der Waals surface area contributed by atoms with E-state index in [4.69, 9.17) is 19.9 Å². The number of nitrogen functional groups attached to an aromatic ring is 1. The van der Waals surface area contributed by atoms with Gasteiger partial charge in [-0.2, -0.15) is 13.2 Å². The van der Waals surface area contributed by atoms with E-state index in [9.17, 15) is 17.6 Å². The number of fused-ring (bicyclic) bond motifs is 1. The van der Waals surface area contributed by atoms with Gasteiger partial charge in [0.15, 0.2) is 11.5 Å². The molecule has 0 saturated carbocycles. The number of hydrogen-bond donors (Lipinski definition) is 3. The van der Waals surface area contributed by atoms with Gasteiger partial charge in [-0.05, 0) is 32.0 Å². The van der Waals surface area contributed by atoms with Crippen LogP contribution in [0.5, 0.6) is 11.5 Å². The number of halogens is 4. The van der Waals surface area contributed by atoms with Gasteiger partial charge in [-0.3, -0.25) is 0 Å². The lowest BCUT2D eigenvalue weighted by molar-refractivity contribution is -0.140. The molecular weight excluding hydrogens is 482 g/mol. The minimum atomic E-state index is -4.88. The summed E-state index contributed by atoms with van der Waals surface area (Å²) in [5, 5.41) is 6.76. The van der Waals surface area contributed by atoms with E-state index in [1.165, 1.54) is 20.1 Å². The van der Waals surface area contributed by atoms with E-state index in [-0.39, 0.29) is 24.0 Å². The average molecular weight is 510 g/mol. The molecule has 1 fully saturated rings. The van der Waals surface area contributed by atoms with Crippen LogP contribution in [0, 0.1) is 12.7 Å². The van der Waals surface area contributed by atoms with Gasteiger partial charge < -0.3 is 30.6 Å². The van der Waals surface area contributed by atoms with Crippen molar-refractivity contribution in [3.63, 3.8) is 0 Å². The molecule has 2 heterocycles. The third kappa shape index (κ3) is 5.54. The van der Waals surface area contributed by atoms with Crippen molar-refractivity contribution in [3.05, 3.63) is 47.0 Å². The Balaban J connectivity index is 1.69. The molecular formula is C24H27F4N5O3. The lowest BCUT2D eigenvalue weighted by Gasteiger charge is -2.24. The maximum absolute atomic E-state index is 14.8. The third-order valence-electron chi connectivity index (χ3n) is 5.77. The first-order valence-electron chi connectivity index (χ1n) is 11.3. The summed E-state index contributed by atoms with van der Waals surface area (Å²) in [6, 6.07) is 4.21. The lowest BCUT2D eigenvalue weighted by Crippen LogP contribution is -2.41. The summed E-state index contributed by atoms with van der Waals surface area (Å²) in [6.45, 7) is 5.47. The number of methoxy groups -OCH3 is 1. The first-order valence-corrected chi connectivity index (χ1v) is 11.3. The highest BCUT2D eigenvalue weighted by Gasteiger charge is 2.36. The number of morpholine rings is 1. The van der Waals surface area contributed by atoms with Crippen molar-refractivity contribution < 1.29 is 31.8 Å². The molecule has 1 aromatic heterocycles. The predicted octanol–water partition coefficient (Wildman–Crippen LogP) is 4.23. The van der Waals surface area contributed by atoms with E-state index in [1.54, 1.807) is 19.1 Å². The molecule has 4 N–H and O–H groups in total. The van der Waals surface area contributed by atoms with Gasteiger partial charge in [0.25, 0.3) is 0 Å². The van der Waals surface area contributed by atoms with E-state index in [2.05, 4.69) is 20.6 Å². The quantitative estimate of drug-likeness (QED) is 0.321. The molecule has 0 aliphatic carbocycles. The van der Waals surface area contributed by atoms with Crippen molar-refractivity contribution in [1.29, 1.82) is 0 Å². The molecule has 0 spiro atoms. The summed E-state index contributed by atoms with van der Waals surface area (Å²) in [6.07, 6.45) is -5.02. The van der Waals surface area contributed by atoms with Crippen LogP contribution in [0.2, 0.25) is 0 Å². The Hall–Kier alpha value is -3.38. The molecule has 0 unspecified atom stereocenters. The maximum Gasteiger partial charge on any atom is 0.419 e. The zero-order chi connectivity index (χ0) is 26.0. The third-order valence-corrected chi connectivity index (χ3v) is 5.77. The molecule has 2 aromatic carbocycles. The standard InChI is InChI=1S/C24H27F4N5O3/c1-12(16-6-14(29)7-18(22(16)25)24(26,27)28)31-23-17-8-21(36-11-15-10-30-4-5-35-15)20(34-3)9-19(17)32-13(2)33-23/h6-9,12,15,30H,4-5,10-11,29H2,1-3H3,(H,31,32,33)/t12-,15-/m1/s1. The van der Waals surface area contributed by atoms with Crippen LogP contribution >= 0.6 is 0 Å². The normalized spacial score (nSPS) is 17.1. The molecule has 36 heavy (non-hydrogen) atoms. The Labute approximate surface area is 205 Å². The smallest absolute Gasteiger partial charge is 0.419 e. The molecule has 194 valence electrons. The van der Waals surface area contributed by atoms with Crippen LogP contribution < -0.4 is 25.8 Å². The van der Waals surface area contributed by atoms with Crippen LogP contribution in [0.25, 0.3) is 10.9 Å². The van der Waals surface area contributed by atoms with Crippen molar-refractivity contribution >= 4 is 22.4 Å². The van der Waals surface area contributed by atoms with E-state index < -0.39 is 23.6 Å². The van der Waals surface area contributed by atoms with Crippen molar-refractivity contribution in [1.82, 2.24) is 15.3 Å². The van der Waals surface area contributed by atoms with Gasteiger partial charge in [-0.25, -0.2) is 14.4 Å². The highest BCUT2D eigenvalue weighted by atomic mass is 19.4. The number of nitrogens with zero attached hydrogens (tertiary/aromatic N) is 2. The lowest BCUT2D eigenvalue weighted by atomic mass is 10.0. The zero-order valence-electron chi connectivity index (χ0n) is 20.0. The number of hydrogen-bond acceptors (Lipinski definition) is 8. The maximum atomic E-state index is 14.8. The fourth-order valence-corrected chi connectivity index (χ4v) is 4.02. The van der Waals surface area contributed by atoms with Gasteiger partial charge in [-0.15, -0.1) is 0 Å². The molecule has 0 radical (unpaired) electrons. The van der Waals surface area contributed by atoms with Gasteiger partial charge in [-0.1, -0.05) is 0 Å². The number of benzene rings is 2. The number of nitrogens with one attached hydrogen (secondary N) is 2. The zero-order valence-corrected chi connectivity index (χ0v) is 20.0. The second kappa shape index (κ2) is 10.3. The predicted molar refractivity (Wildman–Crippen MR) is 127 cm³/mol. The Kier molecular flexibility index (Phi) is 7.36. The highest BCUT2D eigenvalue weighted by Crippen LogP contribution is 2.38. The van der Waals surface area contributed by atoms with E-state index in [0.717, 1.165) is 6.54 Å². The van der Waals surface area contributed by atoms with E-state index in [1.807, 2.05) is 0 Å². The molecule has 2 atom stereocenters. The van der Waals surface area contributed by atoms with Gasteiger partial charge in [0.1, 0.15) is 30.2 Å². The number of aryl methyl sites for hydroxylation is 1. The van der Waals surface area contributed by atoms with Gasteiger partial charge in [0.2, 0.25) is 0 Å². The molecule has 3 aromatic rings. The Morgan fingerprint density at radius 1 is 1.22 bits per heavy atom. The highest BCUT2D eigenvalue weighted by molar-refractivity contribution is 5.92. The summed E-state index contributed by atoms with van der Waals surface area (Å²) in [4.78, 5) is 8.84. The van der Waals surface area contributed by atoms with E-state index >= 15 is 0 Å². The number of nitrogens with two attached hydrogens (primary N) is 1. The SMILES string of the molecule is COc1cc2nc(C)nc(N[C@H](C)c3cc(N)cc(C(F)(F)F)c3F)c2cc1OC[C@H]1CNCCO1. The van der Waals surface area contributed by atoms with Crippen molar-refractivity contribution in [2.24, 2.45) is 0 Å². The Morgan fingerprint density at radius 2 is 2.00 bits per heavy atom. The second-order valence-corrected chi connectivity index (χ2v) is 8.48. The molecule has 4 rings (SSSR count). The van der Waals surface area contributed by atoms with Crippen molar-refractivity contribution in [2.45, 2.75) is 32.2 Å². The topological polar surface area (TPSA) is 104 Å². The first kappa shape index (κ1) is 25.7. The summed E-state index contributed by atoms with van der Waals surface area (Å²) in [5.74, 6) is 0.164. The number of ether oxygens (including phenoxy) is 3. The number of anilines is 2. The van der Waals surface area contributed by atoms with Crippen molar-refractivity contribution in [3.8, 4) is 11.5 Å². The van der Waals surface area contributed by atoms with Crippen molar-refractivity contribution in [2.75, 3.05) is 44.5 Å². The minimum Gasteiger partial charge on any atom is -0.493 e. The van der Waals surface area contributed by atoms with Crippen LogP contribution in [0.15, 0.2) is 24.3 Å². The summed E-state index contributed by atoms with van der Waals surface area (Å²) in [5.41, 5.74) is 4.31. The van der Waals surface area contributed by atoms with Gasteiger partial charge in [0.05, 0.1) is 30.8 Å². The van der Waals surface area contributed by atoms with Crippen LogP contribution in [-0.2, 0) is 10.9 Å². The minimum absolute atomic E-state index is 0.139. The summed E-state index contributed by atoms with van der Waals surface area (Å²) in [7, 11) is 1.50. The molecule has 1 aliphatic rings. The van der Waals surface area contributed by atoms with Crippen LogP contribution in [0.1, 0.15) is 29.9 Å². The van der Waals surface area contributed by atoms with E-state index in [0.29, 0.717) is 53.3 Å². The number of rotatable bonds is 7. The molecule has 8 nitrogen and oxygen atoms in total. The fourth-order valence-electron chi connectivity index (χ4n) is 4.02. The fraction of sp³-hybridized carbons (Fsp3) is 0.417. The summed E-state index contributed by atoms with van der Waals surface area (Å²) >= 11 is 0. The van der Waals surface area contributed by atoms with Gasteiger partial charge >= 0.3 is 6.18 Å².